The summed E-state index contributed by atoms with van der Waals surface area (Å²) in [6.07, 6.45) is 1.52. The van der Waals surface area contributed by atoms with E-state index in [1.807, 2.05) is 6.92 Å². The SMILES string of the molecule is Cc1nc(OCCCO)nc2c1CCN(c1cccc3cccc(C)c13)C2. The van der Waals surface area contributed by atoms with Gasteiger partial charge in [0.2, 0.25) is 0 Å². The number of hydrogen-bond donors (Lipinski definition) is 1. The van der Waals surface area contributed by atoms with Crippen LogP contribution in [0.4, 0.5) is 5.69 Å². The molecule has 0 aliphatic carbocycles. The van der Waals surface area contributed by atoms with E-state index in [1.54, 1.807) is 0 Å². The van der Waals surface area contributed by atoms with Gasteiger partial charge in [-0.2, -0.15) is 4.98 Å². The average Bonchev–Trinajstić information content (AvgIpc) is 2.68. The van der Waals surface area contributed by atoms with E-state index in [0.717, 1.165) is 30.9 Å². The molecule has 0 fully saturated rings. The molecule has 0 saturated heterocycles. The van der Waals surface area contributed by atoms with Gasteiger partial charge in [0.05, 0.1) is 18.8 Å². The van der Waals surface area contributed by atoms with Crippen molar-refractivity contribution in [3.63, 3.8) is 0 Å². The lowest BCUT2D eigenvalue weighted by Gasteiger charge is -2.32. The zero-order valence-electron chi connectivity index (χ0n) is 15.9. The van der Waals surface area contributed by atoms with Crippen LogP contribution in [0.15, 0.2) is 36.4 Å². The van der Waals surface area contributed by atoms with E-state index in [-0.39, 0.29) is 6.61 Å². The summed E-state index contributed by atoms with van der Waals surface area (Å²) in [6, 6.07) is 13.4. The van der Waals surface area contributed by atoms with Crippen molar-refractivity contribution in [2.75, 3.05) is 24.7 Å². The molecule has 0 atom stereocenters. The summed E-state index contributed by atoms with van der Waals surface area (Å²) in [7, 11) is 0. The highest BCUT2D eigenvalue weighted by atomic mass is 16.5. The fourth-order valence-corrected chi connectivity index (χ4v) is 3.86. The highest BCUT2D eigenvalue weighted by molar-refractivity contribution is 5.96. The van der Waals surface area contributed by atoms with Gasteiger partial charge in [-0.1, -0.05) is 30.3 Å². The molecule has 0 bridgehead atoms. The Morgan fingerprint density at radius 1 is 1.11 bits per heavy atom. The third-order valence-corrected chi connectivity index (χ3v) is 5.22. The quantitative estimate of drug-likeness (QED) is 0.702. The number of aliphatic hydroxyl groups excluding tert-OH is 1. The number of benzene rings is 2. The van der Waals surface area contributed by atoms with Gasteiger partial charge in [-0.15, -0.1) is 0 Å². The van der Waals surface area contributed by atoms with E-state index in [9.17, 15) is 0 Å². The number of hydrogen-bond acceptors (Lipinski definition) is 5. The van der Waals surface area contributed by atoms with Crippen molar-refractivity contribution in [1.29, 1.82) is 0 Å². The lowest BCUT2D eigenvalue weighted by Crippen LogP contribution is -2.32. The monoisotopic (exact) mass is 363 g/mol. The van der Waals surface area contributed by atoms with E-state index in [0.29, 0.717) is 19.0 Å². The Labute approximate surface area is 159 Å². The van der Waals surface area contributed by atoms with Crippen molar-refractivity contribution < 1.29 is 9.84 Å². The first-order valence-corrected chi connectivity index (χ1v) is 9.50. The van der Waals surface area contributed by atoms with Crippen LogP contribution < -0.4 is 9.64 Å². The number of aromatic nitrogens is 2. The first kappa shape index (κ1) is 17.7. The molecule has 2 aromatic carbocycles. The Morgan fingerprint density at radius 2 is 1.93 bits per heavy atom. The summed E-state index contributed by atoms with van der Waals surface area (Å²) in [5, 5.41) is 11.5. The van der Waals surface area contributed by atoms with Gasteiger partial charge < -0.3 is 14.7 Å². The molecule has 5 nitrogen and oxygen atoms in total. The summed E-state index contributed by atoms with van der Waals surface area (Å²) in [6.45, 7) is 6.44. The number of fused-ring (bicyclic) bond motifs is 2. The molecule has 0 radical (unpaired) electrons. The molecule has 0 amide bonds. The van der Waals surface area contributed by atoms with Crippen LogP contribution in [0.3, 0.4) is 0 Å². The molecule has 2 heterocycles. The lowest BCUT2D eigenvalue weighted by molar-refractivity contribution is 0.223. The topological polar surface area (TPSA) is 58.5 Å². The molecule has 0 unspecified atom stereocenters. The molecule has 1 N–H and O–H groups in total. The third kappa shape index (κ3) is 3.47. The van der Waals surface area contributed by atoms with Gasteiger partial charge in [-0.05, 0) is 42.8 Å². The molecule has 27 heavy (non-hydrogen) atoms. The Hall–Kier alpha value is -2.66. The summed E-state index contributed by atoms with van der Waals surface area (Å²) < 4.78 is 5.62. The standard InChI is InChI=1S/C22H25N3O2/c1-15-6-3-7-17-8-4-9-20(21(15)17)25-11-10-18-16(2)23-22(24-19(18)14-25)27-13-5-12-26/h3-4,6-9,26H,5,10-14H2,1-2H3. The van der Waals surface area contributed by atoms with E-state index in [2.05, 4.69) is 58.2 Å². The van der Waals surface area contributed by atoms with Gasteiger partial charge in [-0.3, -0.25) is 0 Å². The largest absolute Gasteiger partial charge is 0.463 e. The van der Waals surface area contributed by atoms with E-state index in [1.165, 1.54) is 27.6 Å². The van der Waals surface area contributed by atoms with Crippen LogP contribution >= 0.6 is 0 Å². The molecular weight excluding hydrogens is 338 g/mol. The van der Waals surface area contributed by atoms with Crippen LogP contribution in [-0.4, -0.2) is 34.8 Å². The van der Waals surface area contributed by atoms with Gasteiger partial charge in [-0.25, -0.2) is 4.98 Å². The number of aryl methyl sites for hydroxylation is 2. The van der Waals surface area contributed by atoms with Crippen molar-refractivity contribution in [2.45, 2.75) is 33.2 Å². The van der Waals surface area contributed by atoms with Crippen LogP contribution in [0.25, 0.3) is 10.8 Å². The molecule has 0 spiro atoms. The second kappa shape index (κ2) is 7.53. The molecule has 5 heteroatoms. The van der Waals surface area contributed by atoms with E-state index >= 15 is 0 Å². The normalized spacial score (nSPS) is 13.7. The van der Waals surface area contributed by atoms with Gasteiger partial charge in [0.15, 0.2) is 0 Å². The maximum atomic E-state index is 8.93. The maximum Gasteiger partial charge on any atom is 0.316 e. The second-order valence-corrected chi connectivity index (χ2v) is 7.06. The fraction of sp³-hybridized carbons (Fsp3) is 0.364. The van der Waals surface area contributed by atoms with Crippen molar-refractivity contribution in [3.8, 4) is 6.01 Å². The molecule has 1 aliphatic heterocycles. The van der Waals surface area contributed by atoms with Crippen LogP contribution in [0.1, 0.15) is 28.9 Å². The van der Waals surface area contributed by atoms with E-state index < -0.39 is 0 Å². The highest BCUT2D eigenvalue weighted by Gasteiger charge is 2.23. The first-order valence-electron chi connectivity index (χ1n) is 9.50. The zero-order valence-corrected chi connectivity index (χ0v) is 15.9. The van der Waals surface area contributed by atoms with Crippen LogP contribution in [0.2, 0.25) is 0 Å². The number of aliphatic hydroxyl groups is 1. The number of nitrogens with zero attached hydrogens (tertiary/aromatic N) is 3. The summed E-state index contributed by atoms with van der Waals surface area (Å²) in [4.78, 5) is 11.6. The Kier molecular flexibility index (Phi) is 4.94. The molecular formula is C22H25N3O2. The predicted molar refractivity (Wildman–Crippen MR) is 107 cm³/mol. The van der Waals surface area contributed by atoms with Crippen molar-refractivity contribution >= 4 is 16.5 Å². The van der Waals surface area contributed by atoms with E-state index in [4.69, 9.17) is 9.84 Å². The Bertz CT molecular complexity index is 966. The summed E-state index contributed by atoms with van der Waals surface area (Å²) >= 11 is 0. The zero-order chi connectivity index (χ0) is 18.8. The Balaban J connectivity index is 1.67. The molecule has 4 rings (SSSR count). The maximum absolute atomic E-state index is 8.93. The van der Waals surface area contributed by atoms with Crippen LogP contribution in [0, 0.1) is 13.8 Å². The smallest absolute Gasteiger partial charge is 0.316 e. The number of rotatable bonds is 5. The third-order valence-electron chi connectivity index (χ3n) is 5.22. The molecule has 1 aromatic heterocycles. The fourth-order valence-electron chi connectivity index (χ4n) is 3.86. The first-order chi connectivity index (χ1) is 13.2. The van der Waals surface area contributed by atoms with Crippen molar-refractivity contribution in [1.82, 2.24) is 9.97 Å². The minimum atomic E-state index is 0.109. The second-order valence-electron chi connectivity index (χ2n) is 7.06. The predicted octanol–water partition coefficient (Wildman–Crippen LogP) is 3.57. The van der Waals surface area contributed by atoms with Crippen molar-refractivity contribution in [3.05, 3.63) is 58.9 Å². The highest BCUT2D eigenvalue weighted by Crippen LogP contribution is 2.33. The van der Waals surface area contributed by atoms with Gasteiger partial charge >= 0.3 is 6.01 Å². The summed E-state index contributed by atoms with van der Waals surface area (Å²) in [5.41, 5.74) is 5.82. The summed E-state index contributed by atoms with van der Waals surface area (Å²) in [5.74, 6) is 0. The Morgan fingerprint density at radius 3 is 2.74 bits per heavy atom. The minimum Gasteiger partial charge on any atom is -0.463 e. The molecule has 0 saturated carbocycles. The molecule has 140 valence electrons. The minimum absolute atomic E-state index is 0.109. The van der Waals surface area contributed by atoms with Crippen LogP contribution in [-0.2, 0) is 13.0 Å². The molecule has 1 aliphatic rings. The lowest BCUT2D eigenvalue weighted by atomic mass is 9.99. The average molecular weight is 363 g/mol. The number of anilines is 1. The number of ether oxygens (including phenoxy) is 1. The molecule has 3 aromatic rings. The van der Waals surface area contributed by atoms with Crippen molar-refractivity contribution in [2.24, 2.45) is 0 Å². The van der Waals surface area contributed by atoms with Crippen LogP contribution in [0.5, 0.6) is 6.01 Å². The van der Waals surface area contributed by atoms with Gasteiger partial charge in [0.25, 0.3) is 0 Å². The van der Waals surface area contributed by atoms with Gasteiger partial charge in [0, 0.05) is 36.3 Å². The van der Waals surface area contributed by atoms with Gasteiger partial charge in [0.1, 0.15) is 0 Å².